The summed E-state index contributed by atoms with van der Waals surface area (Å²) in [6, 6.07) is 17.1. The van der Waals surface area contributed by atoms with Crippen molar-refractivity contribution < 1.29 is 9.47 Å². The van der Waals surface area contributed by atoms with Gasteiger partial charge in [0, 0.05) is 6.61 Å². The van der Waals surface area contributed by atoms with Crippen LogP contribution in [0, 0.1) is 0 Å². The highest BCUT2D eigenvalue weighted by Crippen LogP contribution is 2.25. The third kappa shape index (κ3) is 9.04. The fraction of sp³-hybridized carbons (Fsp3) is 0.556. The molecule has 2 rings (SSSR count). The Kier molecular flexibility index (Phi) is 11.5. The van der Waals surface area contributed by atoms with Crippen molar-refractivity contribution in [3.8, 4) is 16.9 Å². The van der Waals surface area contributed by atoms with Crippen LogP contribution in [-0.4, -0.2) is 13.2 Å². The average Bonchev–Trinajstić information content (AvgIpc) is 2.76. The lowest BCUT2D eigenvalue weighted by atomic mass is 10.0. The summed E-state index contributed by atoms with van der Waals surface area (Å²) in [7, 11) is 0. The van der Waals surface area contributed by atoms with Crippen LogP contribution in [0.25, 0.3) is 11.1 Å². The van der Waals surface area contributed by atoms with E-state index in [1.165, 1.54) is 68.1 Å². The van der Waals surface area contributed by atoms with E-state index in [0.717, 1.165) is 25.4 Å². The second-order valence-electron chi connectivity index (χ2n) is 7.92. The summed E-state index contributed by atoms with van der Waals surface area (Å²) in [5.41, 5.74) is 3.66. The van der Waals surface area contributed by atoms with Gasteiger partial charge >= 0.3 is 0 Å². The van der Waals surface area contributed by atoms with E-state index in [-0.39, 0.29) is 6.10 Å². The number of unbranched alkanes of at least 4 members (excludes halogenated alkanes) is 8. The molecular weight excluding hydrogens is 356 g/mol. The Balaban J connectivity index is 1.66. The fourth-order valence-electron chi connectivity index (χ4n) is 3.64. The van der Waals surface area contributed by atoms with E-state index in [0.29, 0.717) is 0 Å². The molecule has 2 aromatic carbocycles. The predicted molar refractivity (Wildman–Crippen MR) is 125 cm³/mol. The summed E-state index contributed by atoms with van der Waals surface area (Å²) in [5.74, 6) is 0.968. The molecule has 0 aliphatic carbocycles. The summed E-state index contributed by atoms with van der Waals surface area (Å²) < 4.78 is 11.6. The molecule has 0 spiro atoms. The van der Waals surface area contributed by atoms with Gasteiger partial charge in [0.1, 0.15) is 5.75 Å². The fourth-order valence-corrected chi connectivity index (χ4v) is 3.64. The number of hydrogen-bond acceptors (Lipinski definition) is 2. The molecule has 0 bridgehead atoms. The van der Waals surface area contributed by atoms with Crippen molar-refractivity contribution in [3.63, 3.8) is 0 Å². The zero-order valence-corrected chi connectivity index (χ0v) is 18.8. The second kappa shape index (κ2) is 14.2. The maximum Gasteiger partial charge on any atom is 0.119 e. The van der Waals surface area contributed by atoms with E-state index in [2.05, 4.69) is 62.4 Å². The van der Waals surface area contributed by atoms with Crippen LogP contribution in [0.1, 0.15) is 90.2 Å². The third-order valence-electron chi connectivity index (χ3n) is 5.50. The number of hydrogen-bond donors (Lipinski definition) is 0. The van der Waals surface area contributed by atoms with Crippen LogP contribution in [0.5, 0.6) is 5.75 Å². The van der Waals surface area contributed by atoms with Gasteiger partial charge in [-0.1, -0.05) is 94.7 Å². The van der Waals surface area contributed by atoms with Crippen LogP contribution in [0.4, 0.5) is 0 Å². The minimum atomic E-state index is 0.144. The molecular formula is C27H40O2. The smallest absolute Gasteiger partial charge is 0.119 e. The van der Waals surface area contributed by atoms with Crippen molar-refractivity contribution in [2.45, 2.75) is 84.7 Å². The molecule has 0 aliphatic rings. The average molecular weight is 397 g/mol. The highest BCUT2D eigenvalue weighted by Gasteiger charge is 2.05. The van der Waals surface area contributed by atoms with Crippen molar-refractivity contribution in [1.29, 1.82) is 0 Å². The SMILES string of the molecule is CCCCCCCCCCCOc1ccc(-c2ccc(C(C)OCC)cc2)cc1. The van der Waals surface area contributed by atoms with Crippen LogP contribution in [0.3, 0.4) is 0 Å². The Morgan fingerprint density at radius 1 is 0.655 bits per heavy atom. The summed E-state index contributed by atoms with van der Waals surface area (Å²) in [6.45, 7) is 7.96. The lowest BCUT2D eigenvalue weighted by Gasteiger charge is -2.12. The Bertz CT molecular complexity index is 645. The maximum atomic E-state index is 5.92. The highest BCUT2D eigenvalue weighted by atomic mass is 16.5. The van der Waals surface area contributed by atoms with Crippen LogP contribution in [-0.2, 0) is 4.74 Å². The van der Waals surface area contributed by atoms with Gasteiger partial charge < -0.3 is 9.47 Å². The predicted octanol–water partition coefficient (Wildman–Crippen LogP) is 8.36. The molecule has 0 saturated heterocycles. The number of rotatable bonds is 15. The summed E-state index contributed by atoms with van der Waals surface area (Å²) in [6.07, 6.45) is 12.2. The molecule has 0 aliphatic heterocycles. The molecule has 2 nitrogen and oxygen atoms in total. The molecule has 1 atom stereocenters. The standard InChI is InChI=1S/C27H40O2/c1-4-6-7-8-9-10-11-12-13-22-29-27-20-18-26(19-21-27)25-16-14-24(15-17-25)23(3)28-5-2/h14-21,23H,4-13,22H2,1-3H3. The molecule has 1 unspecified atom stereocenters. The first-order chi connectivity index (χ1) is 14.2. The molecule has 0 radical (unpaired) electrons. The molecule has 2 aromatic rings. The van der Waals surface area contributed by atoms with Gasteiger partial charge in [-0.25, -0.2) is 0 Å². The molecule has 160 valence electrons. The van der Waals surface area contributed by atoms with Crippen LogP contribution in [0.15, 0.2) is 48.5 Å². The van der Waals surface area contributed by atoms with Gasteiger partial charge in [-0.05, 0) is 49.1 Å². The van der Waals surface area contributed by atoms with Crippen LogP contribution in [0.2, 0.25) is 0 Å². The molecule has 29 heavy (non-hydrogen) atoms. The van der Waals surface area contributed by atoms with Gasteiger partial charge in [0.25, 0.3) is 0 Å². The van der Waals surface area contributed by atoms with Crippen molar-refractivity contribution in [2.75, 3.05) is 13.2 Å². The molecule has 2 heteroatoms. The highest BCUT2D eigenvalue weighted by molar-refractivity contribution is 5.64. The summed E-state index contributed by atoms with van der Waals surface area (Å²) >= 11 is 0. The van der Waals surface area contributed by atoms with Crippen molar-refractivity contribution in [2.24, 2.45) is 0 Å². The Morgan fingerprint density at radius 2 is 1.17 bits per heavy atom. The van der Waals surface area contributed by atoms with Gasteiger partial charge in [-0.2, -0.15) is 0 Å². The first-order valence-electron chi connectivity index (χ1n) is 11.7. The maximum absolute atomic E-state index is 5.92. The largest absolute Gasteiger partial charge is 0.494 e. The van der Waals surface area contributed by atoms with E-state index in [1.54, 1.807) is 0 Å². The molecule has 0 amide bonds. The Labute approximate surface area is 178 Å². The molecule has 0 fully saturated rings. The normalized spacial score (nSPS) is 12.1. The van der Waals surface area contributed by atoms with Crippen molar-refractivity contribution >= 4 is 0 Å². The van der Waals surface area contributed by atoms with Crippen molar-refractivity contribution in [1.82, 2.24) is 0 Å². The van der Waals surface area contributed by atoms with Gasteiger partial charge in [0.2, 0.25) is 0 Å². The zero-order valence-electron chi connectivity index (χ0n) is 18.8. The molecule has 0 saturated carbocycles. The van der Waals surface area contributed by atoms with Crippen molar-refractivity contribution in [3.05, 3.63) is 54.1 Å². The second-order valence-corrected chi connectivity index (χ2v) is 7.92. The molecule has 0 aromatic heterocycles. The van der Waals surface area contributed by atoms with E-state index >= 15 is 0 Å². The van der Waals surface area contributed by atoms with E-state index in [1.807, 2.05) is 6.92 Å². The zero-order chi connectivity index (χ0) is 20.7. The first kappa shape index (κ1) is 23.5. The Hall–Kier alpha value is -1.80. The number of ether oxygens (including phenoxy) is 2. The van der Waals surface area contributed by atoms with E-state index in [9.17, 15) is 0 Å². The molecule has 0 heterocycles. The summed E-state index contributed by atoms with van der Waals surface area (Å²) in [4.78, 5) is 0. The van der Waals surface area contributed by atoms with E-state index in [4.69, 9.17) is 9.47 Å². The van der Waals surface area contributed by atoms with Crippen LogP contribution < -0.4 is 4.74 Å². The lowest BCUT2D eigenvalue weighted by Crippen LogP contribution is -1.99. The number of benzene rings is 2. The molecule has 0 N–H and O–H groups in total. The lowest BCUT2D eigenvalue weighted by molar-refractivity contribution is 0.0764. The monoisotopic (exact) mass is 396 g/mol. The van der Waals surface area contributed by atoms with Gasteiger partial charge in [-0.15, -0.1) is 0 Å². The summed E-state index contributed by atoms with van der Waals surface area (Å²) in [5, 5.41) is 0. The van der Waals surface area contributed by atoms with E-state index < -0.39 is 0 Å². The van der Waals surface area contributed by atoms with Crippen LogP contribution >= 0.6 is 0 Å². The van der Waals surface area contributed by atoms with Gasteiger partial charge in [0.05, 0.1) is 12.7 Å². The quantitative estimate of drug-likeness (QED) is 0.281. The third-order valence-corrected chi connectivity index (χ3v) is 5.50. The minimum absolute atomic E-state index is 0.144. The minimum Gasteiger partial charge on any atom is -0.494 e. The van der Waals surface area contributed by atoms with Gasteiger partial charge in [0.15, 0.2) is 0 Å². The Morgan fingerprint density at radius 3 is 1.72 bits per heavy atom. The van der Waals surface area contributed by atoms with Gasteiger partial charge in [-0.3, -0.25) is 0 Å². The first-order valence-corrected chi connectivity index (χ1v) is 11.7. The topological polar surface area (TPSA) is 18.5 Å².